The molecule has 3 rings (SSSR count). The first kappa shape index (κ1) is 13.6. The molecule has 1 saturated heterocycles. The topological polar surface area (TPSA) is 12.0 Å². The lowest BCUT2D eigenvalue weighted by atomic mass is 9.70. The van der Waals surface area contributed by atoms with Crippen LogP contribution in [0.3, 0.4) is 0 Å². The van der Waals surface area contributed by atoms with Crippen molar-refractivity contribution in [2.45, 2.75) is 18.8 Å². The standard InChI is InChI=1S/C17H17ClFN/c1-12-3-2-4-14(7-12)17(10-20-11-17)9-13-8-15(18)5-6-16(13)19/h2-8,20H,9-11H2,1H3. The molecule has 104 valence electrons. The molecule has 0 amide bonds. The van der Waals surface area contributed by atoms with Crippen molar-refractivity contribution in [3.05, 3.63) is 70.0 Å². The van der Waals surface area contributed by atoms with Gasteiger partial charge in [-0.1, -0.05) is 41.4 Å². The van der Waals surface area contributed by atoms with Gasteiger partial charge in [0.2, 0.25) is 0 Å². The Bertz CT molecular complexity index is 635. The third-order valence-corrected chi connectivity index (χ3v) is 4.33. The molecule has 1 aliphatic heterocycles. The predicted octanol–water partition coefficient (Wildman–Crippen LogP) is 3.87. The van der Waals surface area contributed by atoms with E-state index >= 15 is 0 Å². The fourth-order valence-corrected chi connectivity index (χ4v) is 3.07. The molecule has 2 aromatic rings. The number of hydrogen-bond donors (Lipinski definition) is 1. The Morgan fingerprint density at radius 1 is 1.20 bits per heavy atom. The van der Waals surface area contributed by atoms with Gasteiger partial charge in [0, 0.05) is 23.5 Å². The summed E-state index contributed by atoms with van der Waals surface area (Å²) in [5.41, 5.74) is 3.19. The molecule has 0 aromatic heterocycles. The van der Waals surface area contributed by atoms with Gasteiger partial charge in [-0.25, -0.2) is 4.39 Å². The first-order valence-corrected chi connectivity index (χ1v) is 7.19. The lowest BCUT2D eigenvalue weighted by Crippen LogP contribution is -2.58. The van der Waals surface area contributed by atoms with Crippen LogP contribution in [-0.2, 0) is 11.8 Å². The van der Waals surface area contributed by atoms with Crippen LogP contribution in [0.5, 0.6) is 0 Å². The number of aryl methyl sites for hydroxylation is 1. The van der Waals surface area contributed by atoms with Gasteiger partial charge in [-0.15, -0.1) is 0 Å². The van der Waals surface area contributed by atoms with E-state index in [1.807, 2.05) is 0 Å². The summed E-state index contributed by atoms with van der Waals surface area (Å²) in [6, 6.07) is 13.3. The smallest absolute Gasteiger partial charge is 0.126 e. The van der Waals surface area contributed by atoms with Gasteiger partial charge in [0.15, 0.2) is 0 Å². The van der Waals surface area contributed by atoms with Gasteiger partial charge in [-0.3, -0.25) is 0 Å². The van der Waals surface area contributed by atoms with Crippen LogP contribution in [0.2, 0.25) is 5.02 Å². The first-order valence-electron chi connectivity index (χ1n) is 6.81. The van der Waals surface area contributed by atoms with Gasteiger partial charge in [0.25, 0.3) is 0 Å². The number of nitrogens with one attached hydrogen (secondary N) is 1. The van der Waals surface area contributed by atoms with Crippen LogP contribution in [0.15, 0.2) is 42.5 Å². The second-order valence-electron chi connectivity index (χ2n) is 5.67. The number of rotatable bonds is 3. The van der Waals surface area contributed by atoms with E-state index in [1.54, 1.807) is 12.1 Å². The second kappa shape index (κ2) is 5.19. The number of benzene rings is 2. The molecule has 0 atom stereocenters. The van der Waals surface area contributed by atoms with Gasteiger partial charge in [-0.2, -0.15) is 0 Å². The normalized spacial score (nSPS) is 16.8. The quantitative estimate of drug-likeness (QED) is 0.904. The Morgan fingerprint density at radius 2 is 2.00 bits per heavy atom. The minimum atomic E-state index is -0.173. The van der Waals surface area contributed by atoms with Crippen LogP contribution >= 0.6 is 11.6 Å². The average molecular weight is 290 g/mol. The van der Waals surface area contributed by atoms with E-state index in [0.717, 1.165) is 13.1 Å². The zero-order chi connectivity index (χ0) is 14.2. The van der Waals surface area contributed by atoms with Crippen molar-refractivity contribution >= 4 is 11.6 Å². The second-order valence-corrected chi connectivity index (χ2v) is 6.10. The van der Waals surface area contributed by atoms with Crippen LogP contribution in [0.25, 0.3) is 0 Å². The van der Waals surface area contributed by atoms with Crippen molar-refractivity contribution in [1.82, 2.24) is 5.32 Å². The monoisotopic (exact) mass is 289 g/mol. The molecule has 1 heterocycles. The van der Waals surface area contributed by atoms with E-state index < -0.39 is 0 Å². The highest BCUT2D eigenvalue weighted by Gasteiger charge is 2.39. The Kier molecular flexibility index (Phi) is 3.53. The maximum absolute atomic E-state index is 14.0. The van der Waals surface area contributed by atoms with Gasteiger partial charge < -0.3 is 5.32 Å². The van der Waals surface area contributed by atoms with Crippen molar-refractivity contribution in [2.75, 3.05) is 13.1 Å². The molecule has 1 aliphatic rings. The molecule has 0 aliphatic carbocycles. The SMILES string of the molecule is Cc1cccc(C2(Cc3cc(Cl)ccc3F)CNC2)c1. The molecule has 3 heteroatoms. The van der Waals surface area contributed by atoms with Crippen LogP contribution in [-0.4, -0.2) is 13.1 Å². The van der Waals surface area contributed by atoms with Crippen molar-refractivity contribution < 1.29 is 4.39 Å². The largest absolute Gasteiger partial charge is 0.315 e. The van der Waals surface area contributed by atoms with E-state index in [1.165, 1.54) is 17.2 Å². The summed E-state index contributed by atoms with van der Waals surface area (Å²) in [7, 11) is 0. The molecule has 0 unspecified atom stereocenters. The molecule has 0 bridgehead atoms. The zero-order valence-electron chi connectivity index (χ0n) is 11.4. The van der Waals surface area contributed by atoms with Crippen molar-refractivity contribution in [3.63, 3.8) is 0 Å². The number of hydrogen-bond acceptors (Lipinski definition) is 1. The molecule has 0 spiro atoms. The Balaban J connectivity index is 1.96. The molecule has 1 N–H and O–H groups in total. The molecule has 0 radical (unpaired) electrons. The molecular formula is C17H17ClFN. The summed E-state index contributed by atoms with van der Waals surface area (Å²) in [6.07, 6.45) is 0.676. The van der Waals surface area contributed by atoms with E-state index in [0.29, 0.717) is 17.0 Å². The fourth-order valence-electron chi connectivity index (χ4n) is 2.88. The van der Waals surface area contributed by atoms with Crippen molar-refractivity contribution in [2.24, 2.45) is 0 Å². The van der Waals surface area contributed by atoms with Gasteiger partial charge in [0.1, 0.15) is 5.82 Å². The first-order chi connectivity index (χ1) is 9.59. The summed E-state index contributed by atoms with van der Waals surface area (Å²) in [6.45, 7) is 3.84. The maximum atomic E-state index is 14.0. The van der Waals surface area contributed by atoms with E-state index in [9.17, 15) is 4.39 Å². The van der Waals surface area contributed by atoms with Crippen molar-refractivity contribution in [1.29, 1.82) is 0 Å². The van der Waals surface area contributed by atoms with Crippen LogP contribution in [0.1, 0.15) is 16.7 Å². The summed E-state index contributed by atoms with van der Waals surface area (Å²) >= 11 is 6.00. The Hall–Kier alpha value is -1.38. The zero-order valence-corrected chi connectivity index (χ0v) is 12.2. The van der Waals surface area contributed by atoms with E-state index in [4.69, 9.17) is 11.6 Å². The fraction of sp³-hybridized carbons (Fsp3) is 0.294. The lowest BCUT2D eigenvalue weighted by Gasteiger charge is -2.43. The maximum Gasteiger partial charge on any atom is 0.126 e. The minimum absolute atomic E-state index is 0.0163. The lowest BCUT2D eigenvalue weighted by molar-refractivity contribution is 0.272. The molecule has 2 aromatic carbocycles. The van der Waals surface area contributed by atoms with E-state index in [-0.39, 0.29) is 11.2 Å². The van der Waals surface area contributed by atoms with Crippen LogP contribution < -0.4 is 5.32 Å². The third kappa shape index (κ3) is 2.46. The van der Waals surface area contributed by atoms with E-state index in [2.05, 4.69) is 36.5 Å². The molecule has 1 fully saturated rings. The van der Waals surface area contributed by atoms with Gasteiger partial charge in [0.05, 0.1) is 0 Å². The summed E-state index contributed by atoms with van der Waals surface area (Å²) in [4.78, 5) is 0. The summed E-state index contributed by atoms with van der Waals surface area (Å²) < 4.78 is 14.0. The van der Waals surface area contributed by atoms with Gasteiger partial charge >= 0.3 is 0 Å². The third-order valence-electron chi connectivity index (χ3n) is 4.09. The molecule has 20 heavy (non-hydrogen) atoms. The van der Waals surface area contributed by atoms with Crippen molar-refractivity contribution in [3.8, 4) is 0 Å². The Morgan fingerprint density at radius 3 is 2.65 bits per heavy atom. The van der Waals surface area contributed by atoms with Crippen LogP contribution in [0, 0.1) is 12.7 Å². The average Bonchev–Trinajstić information content (AvgIpc) is 2.38. The molecule has 1 nitrogen and oxygen atoms in total. The highest BCUT2D eigenvalue weighted by atomic mass is 35.5. The highest BCUT2D eigenvalue weighted by Crippen LogP contribution is 2.34. The Labute approximate surface area is 123 Å². The summed E-state index contributed by atoms with van der Waals surface area (Å²) in [5, 5.41) is 3.91. The highest BCUT2D eigenvalue weighted by molar-refractivity contribution is 6.30. The summed E-state index contributed by atoms with van der Waals surface area (Å²) in [5.74, 6) is -0.173. The van der Waals surface area contributed by atoms with Gasteiger partial charge in [-0.05, 0) is 42.7 Å². The predicted molar refractivity (Wildman–Crippen MR) is 80.8 cm³/mol. The molecule has 0 saturated carbocycles. The number of halogens is 2. The van der Waals surface area contributed by atoms with Crippen LogP contribution in [0.4, 0.5) is 4.39 Å². The minimum Gasteiger partial charge on any atom is -0.315 e. The molecular weight excluding hydrogens is 273 g/mol.